The van der Waals surface area contributed by atoms with Gasteiger partial charge in [-0.25, -0.2) is 0 Å². The van der Waals surface area contributed by atoms with E-state index in [1.165, 1.54) is 12.1 Å². The first-order valence-electron chi connectivity index (χ1n) is 5.55. The van der Waals surface area contributed by atoms with E-state index in [2.05, 4.69) is 0 Å². The third-order valence-electron chi connectivity index (χ3n) is 2.85. The van der Waals surface area contributed by atoms with Crippen molar-refractivity contribution >= 4 is 34.8 Å². The van der Waals surface area contributed by atoms with E-state index in [1.54, 1.807) is 18.2 Å². The molecule has 0 spiro atoms. The molecular weight excluding hydrogens is 332 g/mol. The molecule has 2 aromatic rings. The zero-order chi connectivity index (χ0) is 14.9. The quantitative estimate of drug-likeness (QED) is 0.554. The summed E-state index contributed by atoms with van der Waals surface area (Å²) in [5, 5.41) is 0.561. The van der Waals surface area contributed by atoms with E-state index < -0.39 is 11.7 Å². The van der Waals surface area contributed by atoms with Gasteiger partial charge in [0.25, 0.3) is 0 Å². The van der Waals surface area contributed by atoms with Crippen molar-refractivity contribution in [3.8, 4) is 11.1 Å². The smallest absolute Gasteiger partial charge is 0.166 e. The van der Waals surface area contributed by atoms with Crippen LogP contribution in [0.3, 0.4) is 0 Å². The van der Waals surface area contributed by atoms with Crippen molar-refractivity contribution in [3.05, 3.63) is 57.6 Å². The monoisotopic (exact) mass is 338 g/mol. The molecule has 2 rings (SSSR count). The van der Waals surface area contributed by atoms with E-state index in [1.807, 2.05) is 0 Å². The van der Waals surface area contributed by atoms with Gasteiger partial charge in [0.1, 0.15) is 0 Å². The van der Waals surface area contributed by atoms with Crippen LogP contribution >= 0.6 is 34.8 Å². The Hall–Kier alpha value is -0.900. The number of halogens is 6. The predicted octanol–water partition coefficient (Wildman–Crippen LogP) is 6.42. The highest BCUT2D eigenvalue weighted by Crippen LogP contribution is 2.41. The van der Waals surface area contributed by atoms with Gasteiger partial charge in [-0.15, -0.1) is 11.6 Å². The minimum atomic E-state index is -4.48. The normalized spacial score (nSPS) is 11.7. The zero-order valence-corrected chi connectivity index (χ0v) is 12.2. The third kappa shape index (κ3) is 2.90. The van der Waals surface area contributed by atoms with E-state index in [0.29, 0.717) is 11.1 Å². The standard InChI is InChI=1S/C14H8Cl3F3/c15-7-9-8(3-1-4-10(9)14(18,19)20)13-11(16)5-2-6-12(13)17/h1-6H,7H2. The molecule has 2 aromatic carbocycles. The number of hydrogen-bond donors (Lipinski definition) is 0. The van der Waals surface area contributed by atoms with E-state index in [9.17, 15) is 13.2 Å². The van der Waals surface area contributed by atoms with Crippen LogP contribution in [0.4, 0.5) is 13.2 Å². The summed E-state index contributed by atoms with van der Waals surface area (Å²) in [6, 6.07) is 8.60. The molecule has 0 N–H and O–H groups in total. The highest BCUT2D eigenvalue weighted by Gasteiger charge is 2.34. The molecule has 0 aliphatic rings. The molecule has 0 unspecified atom stereocenters. The Balaban J connectivity index is 2.76. The van der Waals surface area contributed by atoms with Crippen LogP contribution in [0.1, 0.15) is 11.1 Å². The van der Waals surface area contributed by atoms with Gasteiger partial charge < -0.3 is 0 Å². The summed E-state index contributed by atoms with van der Waals surface area (Å²) in [7, 11) is 0. The molecule has 20 heavy (non-hydrogen) atoms. The Morgan fingerprint density at radius 3 is 1.95 bits per heavy atom. The Morgan fingerprint density at radius 1 is 0.900 bits per heavy atom. The molecule has 0 fully saturated rings. The lowest BCUT2D eigenvalue weighted by atomic mass is 9.96. The van der Waals surface area contributed by atoms with Gasteiger partial charge in [-0.2, -0.15) is 13.2 Å². The molecule has 106 valence electrons. The van der Waals surface area contributed by atoms with Gasteiger partial charge in [0.05, 0.1) is 5.56 Å². The number of rotatable bonds is 2. The average molecular weight is 340 g/mol. The summed E-state index contributed by atoms with van der Waals surface area (Å²) in [6.45, 7) is 0. The molecule has 0 aliphatic heterocycles. The lowest BCUT2D eigenvalue weighted by molar-refractivity contribution is -0.138. The average Bonchev–Trinajstić information content (AvgIpc) is 2.37. The molecule has 0 bridgehead atoms. The van der Waals surface area contributed by atoms with Gasteiger partial charge in [0.15, 0.2) is 0 Å². The summed E-state index contributed by atoms with van der Waals surface area (Å²) in [6.07, 6.45) is -4.48. The zero-order valence-electron chi connectivity index (χ0n) is 9.94. The van der Waals surface area contributed by atoms with E-state index >= 15 is 0 Å². The highest BCUT2D eigenvalue weighted by molar-refractivity contribution is 6.39. The van der Waals surface area contributed by atoms with E-state index in [4.69, 9.17) is 34.8 Å². The van der Waals surface area contributed by atoms with Gasteiger partial charge in [-0.1, -0.05) is 41.4 Å². The fraction of sp³-hybridized carbons (Fsp3) is 0.143. The van der Waals surface area contributed by atoms with Crippen LogP contribution < -0.4 is 0 Å². The summed E-state index contributed by atoms with van der Waals surface area (Å²) >= 11 is 17.8. The van der Waals surface area contributed by atoms with E-state index in [-0.39, 0.29) is 21.5 Å². The Bertz CT molecular complexity index is 616. The third-order valence-corrected chi connectivity index (χ3v) is 3.74. The van der Waals surface area contributed by atoms with Crippen molar-refractivity contribution in [2.24, 2.45) is 0 Å². The fourth-order valence-corrected chi connectivity index (χ4v) is 2.87. The topological polar surface area (TPSA) is 0 Å². The summed E-state index contributed by atoms with van der Waals surface area (Å²) in [5.74, 6) is -0.285. The SMILES string of the molecule is FC(F)(F)c1cccc(-c2c(Cl)cccc2Cl)c1CCl. The Morgan fingerprint density at radius 2 is 1.45 bits per heavy atom. The first-order chi connectivity index (χ1) is 9.36. The Kier molecular flexibility index (Phi) is 4.52. The van der Waals surface area contributed by atoms with Gasteiger partial charge in [0.2, 0.25) is 0 Å². The predicted molar refractivity (Wildman–Crippen MR) is 76.5 cm³/mol. The summed E-state index contributed by atoms with van der Waals surface area (Å²) < 4.78 is 39.0. The van der Waals surface area contributed by atoms with Crippen molar-refractivity contribution in [1.82, 2.24) is 0 Å². The van der Waals surface area contributed by atoms with Crippen LogP contribution in [0.2, 0.25) is 10.0 Å². The Labute approximate surface area is 129 Å². The maximum Gasteiger partial charge on any atom is 0.416 e. The second kappa shape index (κ2) is 5.84. The van der Waals surface area contributed by atoms with Gasteiger partial charge in [0, 0.05) is 21.5 Å². The van der Waals surface area contributed by atoms with Crippen LogP contribution in [-0.2, 0) is 12.1 Å². The van der Waals surface area contributed by atoms with Crippen LogP contribution in [0, 0.1) is 0 Å². The molecule has 0 saturated heterocycles. The first-order valence-corrected chi connectivity index (χ1v) is 6.84. The van der Waals surface area contributed by atoms with Crippen LogP contribution in [0.15, 0.2) is 36.4 Å². The van der Waals surface area contributed by atoms with Crippen molar-refractivity contribution < 1.29 is 13.2 Å². The molecule has 0 aliphatic carbocycles. The van der Waals surface area contributed by atoms with Crippen molar-refractivity contribution in [3.63, 3.8) is 0 Å². The van der Waals surface area contributed by atoms with Crippen molar-refractivity contribution in [2.75, 3.05) is 0 Å². The molecule has 0 atom stereocenters. The maximum atomic E-state index is 13.0. The largest absolute Gasteiger partial charge is 0.416 e. The van der Waals surface area contributed by atoms with Crippen LogP contribution in [-0.4, -0.2) is 0 Å². The van der Waals surface area contributed by atoms with Crippen molar-refractivity contribution in [1.29, 1.82) is 0 Å². The van der Waals surface area contributed by atoms with Gasteiger partial charge in [-0.05, 0) is 29.3 Å². The van der Waals surface area contributed by atoms with Gasteiger partial charge in [-0.3, -0.25) is 0 Å². The summed E-state index contributed by atoms with van der Waals surface area (Å²) in [4.78, 5) is 0. The number of hydrogen-bond acceptors (Lipinski definition) is 0. The summed E-state index contributed by atoms with van der Waals surface area (Å²) in [5.41, 5.74) is -0.152. The fourth-order valence-electron chi connectivity index (χ4n) is 1.99. The molecule has 0 saturated carbocycles. The van der Waals surface area contributed by atoms with Crippen molar-refractivity contribution in [2.45, 2.75) is 12.1 Å². The maximum absolute atomic E-state index is 13.0. The molecular formula is C14H8Cl3F3. The van der Waals surface area contributed by atoms with Crippen LogP contribution in [0.25, 0.3) is 11.1 Å². The number of alkyl halides is 4. The molecule has 0 nitrogen and oxygen atoms in total. The van der Waals surface area contributed by atoms with E-state index in [0.717, 1.165) is 6.07 Å². The number of benzene rings is 2. The lowest BCUT2D eigenvalue weighted by Gasteiger charge is -2.17. The second-order valence-electron chi connectivity index (χ2n) is 4.06. The molecule has 6 heteroatoms. The molecule has 0 radical (unpaired) electrons. The lowest BCUT2D eigenvalue weighted by Crippen LogP contribution is -2.09. The minimum absolute atomic E-state index is 0.0309. The molecule has 0 amide bonds. The van der Waals surface area contributed by atoms with Gasteiger partial charge >= 0.3 is 6.18 Å². The highest BCUT2D eigenvalue weighted by atomic mass is 35.5. The van der Waals surface area contributed by atoms with Crippen LogP contribution in [0.5, 0.6) is 0 Å². The minimum Gasteiger partial charge on any atom is -0.166 e. The molecule has 0 aromatic heterocycles. The first kappa shape index (κ1) is 15.5. The molecule has 0 heterocycles. The second-order valence-corrected chi connectivity index (χ2v) is 5.14.